The monoisotopic (exact) mass is 249 g/mol. The van der Waals surface area contributed by atoms with E-state index in [0.717, 1.165) is 6.08 Å². The first kappa shape index (κ1) is 13.9. The maximum absolute atomic E-state index is 11.5. The van der Waals surface area contributed by atoms with Crippen LogP contribution in [-0.4, -0.2) is 23.7 Å². The normalized spacial score (nSPS) is 10.9. The minimum absolute atomic E-state index is 0.0548. The van der Waals surface area contributed by atoms with Crippen LogP contribution in [0.1, 0.15) is 18.9 Å². The third-order valence-corrected chi connectivity index (χ3v) is 2.14. The minimum Gasteiger partial charge on any atom is -0.463 e. The maximum atomic E-state index is 11.5. The van der Waals surface area contributed by atoms with E-state index in [-0.39, 0.29) is 12.2 Å². The van der Waals surface area contributed by atoms with Crippen molar-refractivity contribution in [1.29, 1.82) is 0 Å². The second-order valence-electron chi connectivity index (χ2n) is 3.53. The number of hydrogen-bond donors (Lipinski definition) is 2. The van der Waals surface area contributed by atoms with Gasteiger partial charge in [-0.05, 0) is 12.0 Å². The number of ether oxygens (including phenoxy) is 1. The maximum Gasteiger partial charge on any atom is 0.331 e. The van der Waals surface area contributed by atoms with Crippen LogP contribution in [0.3, 0.4) is 0 Å². The number of benzene rings is 1. The molecular weight excluding hydrogens is 234 g/mol. The van der Waals surface area contributed by atoms with Gasteiger partial charge in [0, 0.05) is 6.08 Å². The zero-order chi connectivity index (χ0) is 13.4. The van der Waals surface area contributed by atoms with E-state index in [1.165, 1.54) is 5.48 Å². The van der Waals surface area contributed by atoms with Gasteiger partial charge >= 0.3 is 5.97 Å². The predicted molar refractivity (Wildman–Crippen MR) is 65.6 cm³/mol. The third kappa shape index (κ3) is 4.03. The van der Waals surface area contributed by atoms with Gasteiger partial charge in [-0.2, -0.15) is 0 Å². The lowest BCUT2D eigenvalue weighted by Crippen LogP contribution is -2.21. The Morgan fingerprint density at radius 3 is 2.56 bits per heavy atom. The standard InChI is InChI=1S/C13H15NO4/c1-2-8-18-12(15)9-11(13(16)14-17)10-6-4-3-5-7-10/h3-7,9,17H,2,8H2,1H3,(H,14,16)/b11-9-. The van der Waals surface area contributed by atoms with Gasteiger partial charge in [-0.15, -0.1) is 0 Å². The molecule has 0 heterocycles. The van der Waals surface area contributed by atoms with Gasteiger partial charge in [0.25, 0.3) is 5.91 Å². The van der Waals surface area contributed by atoms with E-state index in [4.69, 9.17) is 9.94 Å². The van der Waals surface area contributed by atoms with Crippen LogP contribution in [-0.2, 0) is 14.3 Å². The van der Waals surface area contributed by atoms with E-state index in [1.807, 2.05) is 6.92 Å². The number of carbonyl (C=O) groups excluding carboxylic acids is 2. The molecule has 0 aliphatic heterocycles. The molecule has 1 amide bonds. The fourth-order valence-electron chi connectivity index (χ4n) is 1.32. The molecule has 1 rings (SSSR count). The van der Waals surface area contributed by atoms with E-state index in [2.05, 4.69) is 0 Å². The summed E-state index contributed by atoms with van der Waals surface area (Å²) in [4.78, 5) is 22.9. The van der Waals surface area contributed by atoms with Gasteiger partial charge in [-0.25, -0.2) is 10.3 Å². The number of rotatable bonds is 5. The largest absolute Gasteiger partial charge is 0.463 e. The van der Waals surface area contributed by atoms with Crippen LogP contribution in [0, 0.1) is 0 Å². The molecular formula is C13H15NO4. The van der Waals surface area contributed by atoms with Crippen molar-refractivity contribution in [3.05, 3.63) is 42.0 Å². The molecule has 0 fully saturated rings. The summed E-state index contributed by atoms with van der Waals surface area (Å²) in [5, 5.41) is 8.66. The average Bonchev–Trinajstić information content (AvgIpc) is 2.42. The van der Waals surface area contributed by atoms with Gasteiger partial charge in [0.05, 0.1) is 12.2 Å². The van der Waals surface area contributed by atoms with Crippen LogP contribution in [0.5, 0.6) is 0 Å². The van der Waals surface area contributed by atoms with Crippen molar-refractivity contribution in [2.24, 2.45) is 0 Å². The van der Waals surface area contributed by atoms with Crippen molar-refractivity contribution in [2.45, 2.75) is 13.3 Å². The average molecular weight is 249 g/mol. The highest BCUT2D eigenvalue weighted by Crippen LogP contribution is 2.14. The molecule has 2 N–H and O–H groups in total. The Kier molecular flexibility index (Phi) is 5.60. The molecule has 0 spiro atoms. The second-order valence-corrected chi connectivity index (χ2v) is 3.53. The van der Waals surface area contributed by atoms with Gasteiger partial charge < -0.3 is 4.74 Å². The Morgan fingerprint density at radius 1 is 1.33 bits per heavy atom. The van der Waals surface area contributed by atoms with Gasteiger partial charge in [-0.3, -0.25) is 10.0 Å². The van der Waals surface area contributed by atoms with Crippen molar-refractivity contribution in [3.8, 4) is 0 Å². The number of carbonyl (C=O) groups is 2. The minimum atomic E-state index is -0.755. The van der Waals surface area contributed by atoms with E-state index in [1.54, 1.807) is 30.3 Å². The quantitative estimate of drug-likeness (QED) is 0.359. The fourth-order valence-corrected chi connectivity index (χ4v) is 1.32. The first-order valence-corrected chi connectivity index (χ1v) is 5.57. The molecule has 0 atom stereocenters. The molecule has 1 aromatic carbocycles. The predicted octanol–water partition coefficient (Wildman–Crippen LogP) is 1.53. The zero-order valence-electron chi connectivity index (χ0n) is 10.1. The van der Waals surface area contributed by atoms with Crippen molar-refractivity contribution < 1.29 is 19.5 Å². The molecule has 0 bridgehead atoms. The first-order valence-electron chi connectivity index (χ1n) is 5.57. The Labute approximate surface area is 105 Å². The number of hydrogen-bond acceptors (Lipinski definition) is 4. The zero-order valence-corrected chi connectivity index (χ0v) is 10.1. The van der Waals surface area contributed by atoms with Crippen LogP contribution in [0.15, 0.2) is 36.4 Å². The number of hydroxylamine groups is 1. The van der Waals surface area contributed by atoms with E-state index in [9.17, 15) is 9.59 Å². The summed E-state index contributed by atoms with van der Waals surface area (Å²) in [6.07, 6.45) is 1.77. The molecule has 18 heavy (non-hydrogen) atoms. The fraction of sp³-hybridized carbons (Fsp3) is 0.231. The number of nitrogens with one attached hydrogen (secondary N) is 1. The summed E-state index contributed by atoms with van der Waals surface area (Å²) in [5.74, 6) is -1.37. The molecule has 0 radical (unpaired) electrons. The van der Waals surface area contributed by atoms with E-state index < -0.39 is 11.9 Å². The summed E-state index contributed by atoms with van der Waals surface area (Å²) in [7, 11) is 0. The molecule has 0 aliphatic carbocycles. The summed E-state index contributed by atoms with van der Waals surface area (Å²) in [6, 6.07) is 8.56. The smallest absolute Gasteiger partial charge is 0.331 e. The van der Waals surface area contributed by atoms with E-state index in [0.29, 0.717) is 12.0 Å². The summed E-state index contributed by atoms with van der Waals surface area (Å²) < 4.78 is 4.86. The van der Waals surface area contributed by atoms with Crippen LogP contribution >= 0.6 is 0 Å². The molecule has 96 valence electrons. The molecule has 0 saturated carbocycles. The van der Waals surface area contributed by atoms with Crippen LogP contribution in [0.2, 0.25) is 0 Å². The van der Waals surface area contributed by atoms with Crippen molar-refractivity contribution in [1.82, 2.24) is 5.48 Å². The lowest BCUT2D eigenvalue weighted by molar-refractivity contribution is -0.138. The van der Waals surface area contributed by atoms with Crippen molar-refractivity contribution >= 4 is 17.4 Å². The molecule has 5 nitrogen and oxygen atoms in total. The topological polar surface area (TPSA) is 75.6 Å². The Morgan fingerprint density at radius 2 is 2.00 bits per heavy atom. The van der Waals surface area contributed by atoms with Crippen LogP contribution in [0.25, 0.3) is 5.57 Å². The Hall–Kier alpha value is -2.14. The highest BCUT2D eigenvalue weighted by atomic mass is 16.5. The lowest BCUT2D eigenvalue weighted by Gasteiger charge is -2.05. The summed E-state index contributed by atoms with van der Waals surface area (Å²) in [5.41, 5.74) is 2.09. The summed E-state index contributed by atoms with van der Waals surface area (Å²) in [6.45, 7) is 2.16. The molecule has 5 heteroatoms. The molecule has 0 aliphatic rings. The number of esters is 1. The van der Waals surface area contributed by atoms with Crippen LogP contribution < -0.4 is 5.48 Å². The SMILES string of the molecule is CCCOC(=O)/C=C(\C(=O)NO)c1ccccc1. The second kappa shape index (κ2) is 7.24. The van der Waals surface area contributed by atoms with Gasteiger partial charge in [0.2, 0.25) is 0 Å². The Balaban J connectivity index is 2.96. The molecule has 0 unspecified atom stereocenters. The van der Waals surface area contributed by atoms with E-state index >= 15 is 0 Å². The van der Waals surface area contributed by atoms with Gasteiger partial charge in [0.1, 0.15) is 0 Å². The molecule has 0 saturated heterocycles. The van der Waals surface area contributed by atoms with Gasteiger partial charge in [0.15, 0.2) is 0 Å². The molecule has 1 aromatic rings. The van der Waals surface area contributed by atoms with Gasteiger partial charge in [-0.1, -0.05) is 37.3 Å². The lowest BCUT2D eigenvalue weighted by atomic mass is 10.1. The Bertz CT molecular complexity index is 440. The van der Waals surface area contributed by atoms with Crippen molar-refractivity contribution in [2.75, 3.05) is 6.61 Å². The summed E-state index contributed by atoms with van der Waals surface area (Å²) >= 11 is 0. The van der Waals surface area contributed by atoms with Crippen LogP contribution in [0.4, 0.5) is 0 Å². The highest BCUT2D eigenvalue weighted by molar-refractivity contribution is 6.22. The third-order valence-electron chi connectivity index (χ3n) is 2.14. The van der Waals surface area contributed by atoms with Crippen molar-refractivity contribution in [3.63, 3.8) is 0 Å². The number of amides is 1. The first-order chi connectivity index (χ1) is 8.69. The molecule has 0 aromatic heterocycles. The highest BCUT2D eigenvalue weighted by Gasteiger charge is 2.13.